The third-order valence-corrected chi connectivity index (χ3v) is 6.74. The predicted octanol–water partition coefficient (Wildman–Crippen LogP) is 2.45. The second kappa shape index (κ2) is 9.97. The predicted molar refractivity (Wildman–Crippen MR) is 115 cm³/mol. The lowest BCUT2D eigenvalue weighted by Crippen LogP contribution is -2.54. The van der Waals surface area contributed by atoms with Gasteiger partial charge in [-0.15, -0.1) is 0 Å². The smallest absolute Gasteiger partial charge is 0.237 e. The molecule has 1 heterocycles. The molecule has 0 spiro atoms. The minimum absolute atomic E-state index is 0.139. The van der Waals surface area contributed by atoms with E-state index in [1.54, 1.807) is 25.1 Å². The molecule has 0 radical (unpaired) electrons. The number of piperazine rings is 1. The van der Waals surface area contributed by atoms with Crippen LogP contribution in [-0.4, -0.2) is 55.8 Å². The Hall–Kier alpha value is -2.55. The summed E-state index contributed by atoms with van der Waals surface area (Å²) in [5.74, 6) is -0.454. The van der Waals surface area contributed by atoms with Crippen molar-refractivity contribution in [1.82, 2.24) is 14.5 Å². The lowest BCUT2D eigenvalue weighted by atomic mass is 10.2. The Bertz CT molecular complexity index is 970. The quantitative estimate of drug-likeness (QED) is 0.731. The summed E-state index contributed by atoms with van der Waals surface area (Å²) < 4.78 is 39.5. The highest BCUT2D eigenvalue weighted by Crippen LogP contribution is 2.13. The number of carbonyl (C=O) groups is 1. The summed E-state index contributed by atoms with van der Waals surface area (Å²) in [6.07, 6.45) is 1.59. The lowest BCUT2D eigenvalue weighted by Gasteiger charge is -2.36. The van der Waals surface area contributed by atoms with Crippen molar-refractivity contribution in [2.24, 2.45) is 0 Å². The van der Waals surface area contributed by atoms with E-state index in [0.29, 0.717) is 32.7 Å². The van der Waals surface area contributed by atoms with Crippen molar-refractivity contribution in [3.63, 3.8) is 0 Å². The van der Waals surface area contributed by atoms with Crippen LogP contribution in [-0.2, 0) is 21.4 Å². The molecule has 160 valence electrons. The Morgan fingerprint density at radius 2 is 1.70 bits per heavy atom. The summed E-state index contributed by atoms with van der Waals surface area (Å²) in [6, 6.07) is 14.9. The summed E-state index contributed by atoms with van der Waals surface area (Å²) in [5.41, 5.74) is 1.64. The molecule has 8 heteroatoms. The van der Waals surface area contributed by atoms with E-state index in [1.807, 2.05) is 35.2 Å². The van der Waals surface area contributed by atoms with E-state index in [-0.39, 0.29) is 17.8 Å². The minimum Gasteiger partial charge on any atom is -0.351 e. The Morgan fingerprint density at radius 3 is 2.33 bits per heavy atom. The van der Waals surface area contributed by atoms with Crippen molar-refractivity contribution >= 4 is 22.0 Å². The number of sulfonamides is 1. The van der Waals surface area contributed by atoms with Gasteiger partial charge in [0.1, 0.15) is 5.82 Å². The van der Waals surface area contributed by atoms with Gasteiger partial charge in [-0.3, -0.25) is 9.69 Å². The standard InChI is InChI=1S/C22H26FN3O3S/c1-18(22(27)24-17-20-7-9-21(23)10-8-20)25-12-14-26(15-13-25)30(28,29)16-11-19-5-3-2-4-6-19/h2-11,16,18H,12-15,17H2,1H3,(H,24,27)/b16-11+. The number of benzene rings is 2. The maximum absolute atomic E-state index is 13.0. The zero-order valence-corrected chi connectivity index (χ0v) is 17.7. The monoisotopic (exact) mass is 431 g/mol. The van der Waals surface area contributed by atoms with Gasteiger partial charge in [-0.2, -0.15) is 4.31 Å². The second-order valence-electron chi connectivity index (χ2n) is 7.21. The molecule has 3 rings (SSSR count). The molecule has 1 N–H and O–H groups in total. The Balaban J connectivity index is 1.49. The van der Waals surface area contributed by atoms with Crippen LogP contribution >= 0.6 is 0 Å². The largest absolute Gasteiger partial charge is 0.351 e. The van der Waals surface area contributed by atoms with Crippen LogP contribution in [0, 0.1) is 5.82 Å². The highest BCUT2D eigenvalue weighted by molar-refractivity contribution is 7.92. The fourth-order valence-corrected chi connectivity index (χ4v) is 4.44. The summed E-state index contributed by atoms with van der Waals surface area (Å²) in [6.45, 7) is 3.74. The Morgan fingerprint density at radius 1 is 1.07 bits per heavy atom. The van der Waals surface area contributed by atoms with Gasteiger partial charge in [0.25, 0.3) is 0 Å². The van der Waals surface area contributed by atoms with Crippen LogP contribution in [0.4, 0.5) is 4.39 Å². The molecule has 1 unspecified atom stereocenters. The molecule has 2 aromatic rings. The van der Waals surface area contributed by atoms with Crippen LogP contribution < -0.4 is 5.32 Å². The first kappa shape index (κ1) is 22.1. The number of rotatable bonds is 7. The van der Waals surface area contributed by atoms with Crippen molar-refractivity contribution in [2.45, 2.75) is 19.5 Å². The molecule has 0 saturated carbocycles. The number of hydrogen-bond acceptors (Lipinski definition) is 4. The average molecular weight is 432 g/mol. The molecule has 0 aliphatic carbocycles. The summed E-state index contributed by atoms with van der Waals surface area (Å²) in [5, 5.41) is 4.08. The van der Waals surface area contributed by atoms with E-state index in [2.05, 4.69) is 5.32 Å². The molecular formula is C22H26FN3O3S. The van der Waals surface area contributed by atoms with Crippen molar-refractivity contribution in [2.75, 3.05) is 26.2 Å². The first-order valence-corrected chi connectivity index (χ1v) is 11.3. The van der Waals surface area contributed by atoms with E-state index in [0.717, 1.165) is 11.1 Å². The zero-order chi connectivity index (χ0) is 21.6. The molecule has 1 saturated heterocycles. The van der Waals surface area contributed by atoms with E-state index in [9.17, 15) is 17.6 Å². The van der Waals surface area contributed by atoms with Gasteiger partial charge in [-0.25, -0.2) is 12.8 Å². The van der Waals surface area contributed by atoms with Gasteiger partial charge in [-0.05, 0) is 36.3 Å². The number of hydrogen-bond donors (Lipinski definition) is 1. The van der Waals surface area contributed by atoms with Crippen molar-refractivity contribution in [3.05, 3.63) is 76.9 Å². The normalized spacial score (nSPS) is 17.1. The fraction of sp³-hybridized carbons (Fsp3) is 0.318. The molecule has 1 amide bonds. The first-order valence-electron chi connectivity index (χ1n) is 9.85. The van der Waals surface area contributed by atoms with E-state index in [4.69, 9.17) is 0 Å². The SMILES string of the molecule is CC(C(=O)NCc1ccc(F)cc1)N1CCN(S(=O)(=O)/C=C/c2ccccc2)CC1. The van der Waals surface area contributed by atoms with Crippen molar-refractivity contribution in [1.29, 1.82) is 0 Å². The van der Waals surface area contributed by atoms with Crippen LogP contribution in [0.5, 0.6) is 0 Å². The molecule has 1 aliphatic rings. The number of nitrogens with one attached hydrogen (secondary N) is 1. The summed E-state index contributed by atoms with van der Waals surface area (Å²) >= 11 is 0. The third-order valence-electron chi connectivity index (χ3n) is 5.17. The molecular weight excluding hydrogens is 405 g/mol. The highest BCUT2D eigenvalue weighted by Gasteiger charge is 2.29. The van der Waals surface area contributed by atoms with Gasteiger partial charge in [0.05, 0.1) is 6.04 Å². The van der Waals surface area contributed by atoms with E-state index >= 15 is 0 Å². The average Bonchev–Trinajstić information content (AvgIpc) is 2.77. The van der Waals surface area contributed by atoms with Gasteiger partial charge in [0.2, 0.25) is 15.9 Å². The van der Waals surface area contributed by atoms with Crippen LogP contribution in [0.1, 0.15) is 18.1 Å². The van der Waals surface area contributed by atoms with E-state index in [1.165, 1.54) is 21.8 Å². The highest BCUT2D eigenvalue weighted by atomic mass is 32.2. The molecule has 2 aromatic carbocycles. The summed E-state index contributed by atoms with van der Waals surface area (Å²) in [4.78, 5) is 14.4. The molecule has 1 fully saturated rings. The molecule has 1 aliphatic heterocycles. The number of amides is 1. The van der Waals surface area contributed by atoms with Crippen LogP contribution in [0.3, 0.4) is 0 Å². The molecule has 1 atom stereocenters. The van der Waals surface area contributed by atoms with Gasteiger partial charge in [-0.1, -0.05) is 42.5 Å². The maximum Gasteiger partial charge on any atom is 0.237 e. The molecule has 6 nitrogen and oxygen atoms in total. The van der Waals surface area contributed by atoms with Gasteiger partial charge in [0.15, 0.2) is 0 Å². The van der Waals surface area contributed by atoms with Gasteiger partial charge < -0.3 is 5.32 Å². The number of halogens is 1. The molecule has 0 aromatic heterocycles. The van der Waals surface area contributed by atoms with Crippen LogP contribution in [0.15, 0.2) is 60.0 Å². The topological polar surface area (TPSA) is 69.7 Å². The third kappa shape index (κ3) is 5.98. The van der Waals surface area contributed by atoms with Gasteiger partial charge in [0, 0.05) is 38.1 Å². The van der Waals surface area contributed by atoms with Crippen LogP contribution in [0.25, 0.3) is 6.08 Å². The van der Waals surface area contributed by atoms with Crippen LogP contribution in [0.2, 0.25) is 0 Å². The van der Waals surface area contributed by atoms with Gasteiger partial charge >= 0.3 is 0 Å². The maximum atomic E-state index is 13.0. The summed E-state index contributed by atoms with van der Waals surface area (Å²) in [7, 11) is -3.51. The lowest BCUT2D eigenvalue weighted by molar-refractivity contribution is -0.126. The molecule has 30 heavy (non-hydrogen) atoms. The zero-order valence-electron chi connectivity index (χ0n) is 16.9. The Labute approximate surface area is 177 Å². The van der Waals surface area contributed by atoms with Crippen molar-refractivity contribution < 1.29 is 17.6 Å². The second-order valence-corrected chi connectivity index (χ2v) is 9.03. The number of nitrogens with zero attached hydrogens (tertiary/aromatic N) is 2. The molecule has 0 bridgehead atoms. The van der Waals surface area contributed by atoms with Crippen molar-refractivity contribution in [3.8, 4) is 0 Å². The van der Waals surface area contributed by atoms with E-state index < -0.39 is 10.0 Å². The number of carbonyl (C=O) groups excluding carboxylic acids is 1. The minimum atomic E-state index is -3.51. The fourth-order valence-electron chi connectivity index (χ4n) is 3.27. The Kier molecular flexibility index (Phi) is 7.36. The first-order chi connectivity index (χ1) is 14.3.